The molecule has 1 fully saturated rings. The van der Waals surface area contributed by atoms with Crippen LogP contribution in [-0.2, 0) is 9.84 Å². The highest BCUT2D eigenvalue weighted by molar-refractivity contribution is 7.99. The fourth-order valence-corrected chi connectivity index (χ4v) is 5.15. The maximum atomic E-state index is 12.6. The summed E-state index contributed by atoms with van der Waals surface area (Å²) >= 11 is 1.84. The molecule has 1 aromatic carbocycles. The Bertz CT molecular complexity index is 566. The van der Waals surface area contributed by atoms with E-state index in [9.17, 15) is 8.42 Å². The summed E-state index contributed by atoms with van der Waals surface area (Å²) in [5.41, 5.74) is 1.02. The van der Waals surface area contributed by atoms with Gasteiger partial charge in [-0.1, -0.05) is 17.7 Å². The molecule has 1 unspecified atom stereocenters. The molecule has 1 aliphatic rings. The van der Waals surface area contributed by atoms with Gasteiger partial charge in [0.25, 0.3) is 9.84 Å². The second-order valence-electron chi connectivity index (χ2n) is 4.83. The second kappa shape index (κ2) is 5.98. The Kier molecular flexibility index (Phi) is 4.54. The van der Waals surface area contributed by atoms with Crippen molar-refractivity contribution in [3.63, 3.8) is 0 Å². The summed E-state index contributed by atoms with van der Waals surface area (Å²) in [5.74, 6) is 1.89. The van der Waals surface area contributed by atoms with Gasteiger partial charge >= 0.3 is 5.37 Å². The topological polar surface area (TPSA) is 38.5 Å². The molecule has 1 heterocycles. The van der Waals surface area contributed by atoms with Crippen LogP contribution in [0.4, 0.5) is 0 Å². The van der Waals surface area contributed by atoms with E-state index in [0.29, 0.717) is 0 Å². The Morgan fingerprint density at radius 1 is 1.26 bits per heavy atom. The molecule has 0 aliphatic carbocycles. The summed E-state index contributed by atoms with van der Waals surface area (Å²) in [6.07, 6.45) is 1.64. The van der Waals surface area contributed by atoms with Gasteiger partial charge in [-0.15, -0.1) is 0 Å². The SMILES string of the molecule is [C-]#[N+]C(C1CCSCC1)S(=O)(=O)c1ccc(C)cc1. The first-order valence-electron chi connectivity index (χ1n) is 6.30. The zero-order valence-electron chi connectivity index (χ0n) is 10.9. The van der Waals surface area contributed by atoms with Crippen molar-refractivity contribution in [3.8, 4) is 0 Å². The lowest BCUT2D eigenvalue weighted by atomic mass is 10.0. The number of aryl methyl sites for hydroxylation is 1. The Labute approximate surface area is 119 Å². The van der Waals surface area contributed by atoms with Gasteiger partial charge in [0.15, 0.2) is 0 Å². The molecule has 5 heteroatoms. The fraction of sp³-hybridized carbons (Fsp3) is 0.500. The molecular weight excluding hydrogens is 278 g/mol. The molecule has 0 N–H and O–H groups in total. The van der Waals surface area contributed by atoms with Gasteiger partial charge in [0.1, 0.15) is 0 Å². The molecule has 19 heavy (non-hydrogen) atoms. The van der Waals surface area contributed by atoms with Crippen molar-refractivity contribution >= 4 is 21.6 Å². The molecule has 1 aliphatic heterocycles. The van der Waals surface area contributed by atoms with Gasteiger partial charge in [0.05, 0.1) is 10.8 Å². The first-order chi connectivity index (χ1) is 9.05. The summed E-state index contributed by atoms with van der Waals surface area (Å²) in [5, 5.41) is -0.920. The average Bonchev–Trinajstić information content (AvgIpc) is 2.41. The van der Waals surface area contributed by atoms with Crippen LogP contribution in [0.5, 0.6) is 0 Å². The molecule has 0 aromatic heterocycles. The molecule has 1 saturated heterocycles. The van der Waals surface area contributed by atoms with Crippen LogP contribution in [0.1, 0.15) is 18.4 Å². The van der Waals surface area contributed by atoms with Gasteiger partial charge in [0, 0.05) is 0 Å². The molecule has 0 amide bonds. The maximum Gasteiger partial charge on any atom is 0.327 e. The highest BCUT2D eigenvalue weighted by Gasteiger charge is 2.40. The molecule has 3 nitrogen and oxygen atoms in total. The predicted molar refractivity (Wildman–Crippen MR) is 78.8 cm³/mol. The fourth-order valence-electron chi connectivity index (χ4n) is 2.30. The van der Waals surface area contributed by atoms with Crippen LogP contribution in [0.25, 0.3) is 4.85 Å². The van der Waals surface area contributed by atoms with Crippen LogP contribution < -0.4 is 0 Å². The maximum absolute atomic E-state index is 12.6. The normalized spacial score (nSPS) is 18.7. The number of thioether (sulfide) groups is 1. The Balaban J connectivity index is 2.30. The van der Waals surface area contributed by atoms with Crippen molar-refractivity contribution in [1.29, 1.82) is 0 Å². The Morgan fingerprint density at radius 2 is 1.84 bits per heavy atom. The van der Waals surface area contributed by atoms with E-state index in [0.717, 1.165) is 29.9 Å². The average molecular weight is 295 g/mol. The van der Waals surface area contributed by atoms with E-state index in [1.807, 2.05) is 18.7 Å². The summed E-state index contributed by atoms with van der Waals surface area (Å²) in [6, 6.07) is 6.79. The zero-order valence-corrected chi connectivity index (χ0v) is 12.5. The molecule has 1 aromatic rings. The third-order valence-corrected chi connectivity index (χ3v) is 6.57. The summed E-state index contributed by atoms with van der Waals surface area (Å²) in [4.78, 5) is 3.71. The van der Waals surface area contributed by atoms with Crippen molar-refractivity contribution in [2.45, 2.75) is 30.0 Å². The number of hydrogen-bond acceptors (Lipinski definition) is 3. The molecule has 0 saturated carbocycles. The van der Waals surface area contributed by atoms with Gasteiger partial charge in [0.2, 0.25) is 0 Å². The number of sulfone groups is 1. The van der Waals surface area contributed by atoms with Crippen LogP contribution in [0.3, 0.4) is 0 Å². The number of rotatable bonds is 3. The van der Waals surface area contributed by atoms with Crippen molar-refractivity contribution in [2.75, 3.05) is 11.5 Å². The van der Waals surface area contributed by atoms with Crippen molar-refractivity contribution in [2.24, 2.45) is 5.92 Å². The predicted octanol–water partition coefficient (Wildman–Crippen LogP) is 3.16. The Hall–Kier alpha value is -0.990. The van der Waals surface area contributed by atoms with Gasteiger partial charge < -0.3 is 0 Å². The lowest BCUT2D eigenvalue weighted by Gasteiger charge is -2.22. The minimum absolute atomic E-state index is 0.0231. The van der Waals surface area contributed by atoms with Gasteiger partial charge in [-0.3, -0.25) is 4.85 Å². The molecule has 0 bridgehead atoms. The van der Waals surface area contributed by atoms with Crippen LogP contribution in [0.15, 0.2) is 29.2 Å². The second-order valence-corrected chi connectivity index (χ2v) is 8.10. The van der Waals surface area contributed by atoms with Crippen molar-refractivity contribution < 1.29 is 8.42 Å². The zero-order chi connectivity index (χ0) is 13.9. The monoisotopic (exact) mass is 295 g/mol. The number of benzene rings is 1. The van der Waals surface area contributed by atoms with Crippen molar-refractivity contribution in [1.82, 2.24) is 0 Å². The molecule has 0 radical (unpaired) electrons. The van der Waals surface area contributed by atoms with Crippen molar-refractivity contribution in [3.05, 3.63) is 41.2 Å². The molecular formula is C14H17NO2S2. The van der Waals surface area contributed by atoms with Crippen LogP contribution in [-0.4, -0.2) is 25.3 Å². The molecule has 0 spiro atoms. The minimum Gasteiger partial charge on any atom is -0.296 e. The van der Waals surface area contributed by atoms with E-state index < -0.39 is 15.2 Å². The van der Waals surface area contributed by atoms with E-state index in [2.05, 4.69) is 4.85 Å². The number of nitrogens with zero attached hydrogens (tertiary/aromatic N) is 1. The van der Waals surface area contributed by atoms with E-state index in [1.165, 1.54) is 0 Å². The Morgan fingerprint density at radius 3 is 2.37 bits per heavy atom. The van der Waals surface area contributed by atoms with Crippen LogP contribution >= 0.6 is 11.8 Å². The third-order valence-electron chi connectivity index (χ3n) is 3.46. The summed E-state index contributed by atoms with van der Waals surface area (Å²) in [6.45, 7) is 9.20. The molecule has 102 valence electrons. The highest BCUT2D eigenvalue weighted by atomic mass is 32.2. The van der Waals surface area contributed by atoms with E-state index in [1.54, 1.807) is 24.3 Å². The highest BCUT2D eigenvalue weighted by Crippen LogP contribution is 2.32. The smallest absolute Gasteiger partial charge is 0.296 e. The van der Waals surface area contributed by atoms with E-state index in [-0.39, 0.29) is 10.8 Å². The summed E-state index contributed by atoms with van der Waals surface area (Å²) < 4.78 is 25.1. The van der Waals surface area contributed by atoms with Crippen LogP contribution in [0, 0.1) is 19.4 Å². The first-order valence-corrected chi connectivity index (χ1v) is 9.00. The van der Waals surface area contributed by atoms with Gasteiger partial charge in [-0.2, -0.15) is 11.8 Å². The standard InChI is InChI=1S/C14H17NO2S2/c1-11-3-5-13(6-4-11)19(16,17)14(15-2)12-7-9-18-10-8-12/h3-6,12,14H,7-10H2,1H3. The molecule has 1 atom stereocenters. The van der Waals surface area contributed by atoms with E-state index >= 15 is 0 Å². The third kappa shape index (κ3) is 3.13. The van der Waals surface area contributed by atoms with Crippen LogP contribution in [0.2, 0.25) is 0 Å². The molecule has 2 rings (SSSR count). The van der Waals surface area contributed by atoms with Gasteiger partial charge in [-0.05, 0) is 43.4 Å². The quantitative estimate of drug-likeness (QED) is 0.804. The minimum atomic E-state index is -3.53. The lowest BCUT2D eigenvalue weighted by molar-refractivity contribution is 0.479. The summed E-state index contributed by atoms with van der Waals surface area (Å²) in [7, 11) is -3.53. The van der Waals surface area contributed by atoms with E-state index in [4.69, 9.17) is 6.57 Å². The first kappa shape index (κ1) is 14.4. The van der Waals surface area contributed by atoms with Gasteiger partial charge in [-0.25, -0.2) is 15.0 Å². The number of hydrogen-bond donors (Lipinski definition) is 0. The largest absolute Gasteiger partial charge is 0.327 e. The lowest BCUT2D eigenvalue weighted by Crippen LogP contribution is -2.29.